The summed E-state index contributed by atoms with van der Waals surface area (Å²) >= 11 is 0. The highest BCUT2D eigenvalue weighted by molar-refractivity contribution is 5.97. The standard InChI is InChI=1S/C17H18N2O3/c1-11(20)15(16(18)21)19-17(22)14-9-7-13(8-10-14)12-5-3-2-4-6-12/h2-11,15,20H,1H3,(H2,18,21)(H,19,22)/t11-,15+/m1/s1. The van der Waals surface area contributed by atoms with Crippen LogP contribution in [0.5, 0.6) is 0 Å². The van der Waals surface area contributed by atoms with Gasteiger partial charge in [0, 0.05) is 5.56 Å². The number of benzene rings is 2. The first-order chi connectivity index (χ1) is 10.5. The highest BCUT2D eigenvalue weighted by Crippen LogP contribution is 2.19. The SMILES string of the molecule is C[C@@H](O)[C@H](NC(=O)c1ccc(-c2ccccc2)cc1)C(N)=O. The van der Waals surface area contributed by atoms with Crippen molar-refractivity contribution in [2.24, 2.45) is 5.73 Å². The van der Waals surface area contributed by atoms with Crippen molar-refractivity contribution in [3.8, 4) is 11.1 Å². The Morgan fingerprint density at radius 1 is 1.00 bits per heavy atom. The normalized spacial score (nSPS) is 13.2. The van der Waals surface area contributed by atoms with E-state index < -0.39 is 24.0 Å². The molecule has 4 N–H and O–H groups in total. The van der Waals surface area contributed by atoms with Gasteiger partial charge in [0.25, 0.3) is 5.91 Å². The molecule has 0 radical (unpaired) electrons. The molecule has 22 heavy (non-hydrogen) atoms. The van der Waals surface area contributed by atoms with Crippen LogP contribution in [0.25, 0.3) is 11.1 Å². The molecule has 5 nitrogen and oxygen atoms in total. The topological polar surface area (TPSA) is 92.4 Å². The van der Waals surface area contributed by atoms with Gasteiger partial charge < -0.3 is 16.2 Å². The van der Waals surface area contributed by atoms with Crippen LogP contribution in [0.15, 0.2) is 54.6 Å². The second-order valence-corrected chi connectivity index (χ2v) is 5.04. The summed E-state index contributed by atoms with van der Waals surface area (Å²) in [6.07, 6.45) is -1.05. The number of primary amides is 1. The predicted octanol–water partition coefficient (Wildman–Crippen LogP) is 1.32. The Bertz CT molecular complexity index is 651. The van der Waals surface area contributed by atoms with E-state index >= 15 is 0 Å². The molecule has 0 aliphatic heterocycles. The molecule has 2 aromatic rings. The van der Waals surface area contributed by atoms with Crippen LogP contribution in [0.4, 0.5) is 0 Å². The summed E-state index contributed by atoms with van der Waals surface area (Å²) in [4.78, 5) is 23.3. The number of amides is 2. The van der Waals surface area contributed by atoms with Crippen LogP contribution in [-0.2, 0) is 4.79 Å². The summed E-state index contributed by atoms with van der Waals surface area (Å²) in [5.74, 6) is -1.23. The van der Waals surface area contributed by atoms with Gasteiger partial charge in [-0.3, -0.25) is 9.59 Å². The van der Waals surface area contributed by atoms with Crippen molar-refractivity contribution in [3.05, 3.63) is 60.2 Å². The van der Waals surface area contributed by atoms with Crippen molar-refractivity contribution in [3.63, 3.8) is 0 Å². The molecule has 114 valence electrons. The minimum Gasteiger partial charge on any atom is -0.391 e. The Kier molecular flexibility index (Phi) is 4.91. The van der Waals surface area contributed by atoms with Crippen molar-refractivity contribution in [2.45, 2.75) is 19.1 Å². The second kappa shape index (κ2) is 6.87. The molecule has 0 spiro atoms. The second-order valence-electron chi connectivity index (χ2n) is 5.04. The molecule has 0 saturated carbocycles. The average molecular weight is 298 g/mol. The summed E-state index contributed by atoms with van der Waals surface area (Å²) in [6.45, 7) is 1.40. The molecular weight excluding hydrogens is 280 g/mol. The van der Waals surface area contributed by atoms with Crippen molar-refractivity contribution in [2.75, 3.05) is 0 Å². The van der Waals surface area contributed by atoms with E-state index in [4.69, 9.17) is 5.73 Å². The van der Waals surface area contributed by atoms with E-state index in [2.05, 4.69) is 5.32 Å². The molecule has 0 aliphatic carbocycles. The minimum absolute atomic E-state index is 0.395. The van der Waals surface area contributed by atoms with Gasteiger partial charge in [0.2, 0.25) is 5.91 Å². The molecular formula is C17H18N2O3. The molecule has 5 heteroatoms. The Morgan fingerprint density at radius 2 is 1.55 bits per heavy atom. The zero-order chi connectivity index (χ0) is 16.1. The molecule has 2 amide bonds. The highest BCUT2D eigenvalue weighted by Gasteiger charge is 2.23. The zero-order valence-corrected chi connectivity index (χ0v) is 12.2. The lowest BCUT2D eigenvalue weighted by atomic mass is 10.0. The summed E-state index contributed by atoms with van der Waals surface area (Å²) < 4.78 is 0. The maximum Gasteiger partial charge on any atom is 0.252 e. The average Bonchev–Trinajstić information content (AvgIpc) is 2.52. The Morgan fingerprint density at radius 3 is 2.05 bits per heavy atom. The Balaban J connectivity index is 2.13. The fraction of sp³-hybridized carbons (Fsp3) is 0.176. The number of aliphatic hydroxyl groups is 1. The molecule has 0 aliphatic rings. The van der Waals surface area contributed by atoms with Crippen molar-refractivity contribution in [1.82, 2.24) is 5.32 Å². The lowest BCUT2D eigenvalue weighted by Crippen LogP contribution is -2.50. The summed E-state index contributed by atoms with van der Waals surface area (Å²) in [6, 6.07) is 15.6. The first-order valence-corrected chi connectivity index (χ1v) is 6.93. The third kappa shape index (κ3) is 3.71. The monoisotopic (exact) mass is 298 g/mol. The highest BCUT2D eigenvalue weighted by atomic mass is 16.3. The number of hydrogen-bond donors (Lipinski definition) is 3. The van der Waals surface area contributed by atoms with Crippen LogP contribution in [-0.4, -0.2) is 29.1 Å². The molecule has 0 bridgehead atoms. The quantitative estimate of drug-likeness (QED) is 0.777. The van der Waals surface area contributed by atoms with Crippen molar-refractivity contribution >= 4 is 11.8 Å². The molecule has 0 unspecified atom stereocenters. The summed E-state index contributed by atoms with van der Waals surface area (Å²) in [5.41, 5.74) is 7.58. The van der Waals surface area contributed by atoms with Crippen molar-refractivity contribution < 1.29 is 14.7 Å². The van der Waals surface area contributed by atoms with Gasteiger partial charge in [-0.15, -0.1) is 0 Å². The fourth-order valence-corrected chi connectivity index (χ4v) is 2.10. The molecule has 2 rings (SSSR count). The van der Waals surface area contributed by atoms with Gasteiger partial charge >= 0.3 is 0 Å². The number of carbonyl (C=O) groups excluding carboxylic acids is 2. The number of hydrogen-bond acceptors (Lipinski definition) is 3. The number of carbonyl (C=O) groups is 2. The molecule has 0 saturated heterocycles. The van der Waals surface area contributed by atoms with Gasteiger partial charge in [-0.2, -0.15) is 0 Å². The van der Waals surface area contributed by atoms with E-state index in [1.54, 1.807) is 12.1 Å². The van der Waals surface area contributed by atoms with Gasteiger partial charge in [-0.05, 0) is 30.2 Å². The van der Waals surface area contributed by atoms with E-state index in [0.717, 1.165) is 11.1 Å². The maximum absolute atomic E-state index is 12.1. The van der Waals surface area contributed by atoms with Crippen LogP contribution in [0.1, 0.15) is 17.3 Å². The first kappa shape index (κ1) is 15.7. The Labute approximate surface area is 128 Å². The first-order valence-electron chi connectivity index (χ1n) is 6.93. The van der Waals surface area contributed by atoms with E-state index in [1.807, 2.05) is 42.5 Å². The number of aliphatic hydroxyl groups excluding tert-OH is 1. The van der Waals surface area contributed by atoms with Crippen LogP contribution in [0.3, 0.4) is 0 Å². The van der Waals surface area contributed by atoms with Crippen LogP contribution in [0, 0.1) is 0 Å². The van der Waals surface area contributed by atoms with E-state index in [0.29, 0.717) is 5.56 Å². The third-order valence-corrected chi connectivity index (χ3v) is 3.33. The largest absolute Gasteiger partial charge is 0.391 e. The van der Waals surface area contributed by atoms with E-state index in [-0.39, 0.29) is 0 Å². The summed E-state index contributed by atoms with van der Waals surface area (Å²) in [7, 11) is 0. The van der Waals surface area contributed by atoms with Crippen LogP contribution < -0.4 is 11.1 Å². The zero-order valence-electron chi connectivity index (χ0n) is 12.2. The van der Waals surface area contributed by atoms with Crippen LogP contribution in [0.2, 0.25) is 0 Å². The molecule has 2 aromatic carbocycles. The lowest BCUT2D eigenvalue weighted by Gasteiger charge is -2.18. The van der Waals surface area contributed by atoms with Crippen molar-refractivity contribution in [1.29, 1.82) is 0 Å². The van der Waals surface area contributed by atoms with E-state index in [9.17, 15) is 14.7 Å². The summed E-state index contributed by atoms with van der Waals surface area (Å²) in [5, 5.41) is 11.9. The van der Waals surface area contributed by atoms with E-state index in [1.165, 1.54) is 6.92 Å². The molecule has 0 heterocycles. The number of nitrogens with one attached hydrogen (secondary N) is 1. The fourth-order valence-electron chi connectivity index (χ4n) is 2.10. The third-order valence-electron chi connectivity index (χ3n) is 3.33. The number of nitrogens with two attached hydrogens (primary N) is 1. The van der Waals surface area contributed by atoms with Gasteiger partial charge in [-0.1, -0.05) is 42.5 Å². The van der Waals surface area contributed by atoms with Crippen LogP contribution >= 0.6 is 0 Å². The smallest absolute Gasteiger partial charge is 0.252 e. The lowest BCUT2D eigenvalue weighted by molar-refractivity contribution is -0.122. The predicted molar refractivity (Wildman–Crippen MR) is 84.0 cm³/mol. The number of rotatable bonds is 5. The molecule has 0 aromatic heterocycles. The van der Waals surface area contributed by atoms with Gasteiger partial charge in [-0.25, -0.2) is 0 Å². The molecule has 2 atom stereocenters. The van der Waals surface area contributed by atoms with Gasteiger partial charge in [0.05, 0.1) is 6.10 Å². The Hall–Kier alpha value is -2.66. The van der Waals surface area contributed by atoms with Gasteiger partial charge in [0.1, 0.15) is 6.04 Å². The molecule has 0 fully saturated rings. The van der Waals surface area contributed by atoms with Gasteiger partial charge in [0.15, 0.2) is 0 Å². The maximum atomic E-state index is 12.1. The minimum atomic E-state index is -1.11.